The van der Waals surface area contributed by atoms with Crippen LogP contribution in [-0.2, 0) is 9.59 Å². The maximum Gasteiger partial charge on any atom is 0.225 e. The summed E-state index contributed by atoms with van der Waals surface area (Å²) in [5, 5.41) is 7.73. The third-order valence-corrected chi connectivity index (χ3v) is 4.62. The largest absolute Gasteiger partial charge is 0.494 e. The van der Waals surface area contributed by atoms with Gasteiger partial charge < -0.3 is 15.4 Å². The predicted octanol–water partition coefficient (Wildman–Crippen LogP) is 3.36. The number of methoxy groups -OCH3 is 1. The molecule has 1 aromatic heterocycles. The monoisotopic (exact) mass is 345 g/mol. The number of hydrogen-bond acceptors (Lipinski definition) is 5. The number of carbonyl (C=O) groups excluding carboxylic acids is 2. The van der Waals surface area contributed by atoms with E-state index in [1.54, 1.807) is 19.4 Å². The van der Waals surface area contributed by atoms with Crippen molar-refractivity contribution in [1.82, 2.24) is 4.37 Å². The van der Waals surface area contributed by atoms with Gasteiger partial charge in [-0.15, -0.1) is 0 Å². The molecule has 0 spiro atoms. The molecule has 1 aliphatic heterocycles. The number of rotatable bonds is 5. The molecular weight excluding hydrogens is 326 g/mol. The van der Waals surface area contributed by atoms with Crippen LogP contribution in [0.3, 0.4) is 0 Å². The van der Waals surface area contributed by atoms with E-state index in [0.29, 0.717) is 30.0 Å². The van der Waals surface area contributed by atoms with Gasteiger partial charge in [-0.2, -0.15) is 0 Å². The van der Waals surface area contributed by atoms with E-state index in [4.69, 9.17) is 4.74 Å². The molecule has 7 heteroatoms. The second kappa shape index (κ2) is 7.00. The van der Waals surface area contributed by atoms with Gasteiger partial charge in [0.15, 0.2) is 0 Å². The fourth-order valence-electron chi connectivity index (χ4n) is 2.88. The summed E-state index contributed by atoms with van der Waals surface area (Å²) >= 11 is 1.36. The van der Waals surface area contributed by atoms with Crippen LogP contribution in [0.2, 0.25) is 0 Å². The van der Waals surface area contributed by atoms with Crippen molar-refractivity contribution in [2.75, 3.05) is 17.7 Å². The van der Waals surface area contributed by atoms with Crippen LogP contribution in [0.5, 0.6) is 5.75 Å². The molecule has 0 saturated heterocycles. The van der Waals surface area contributed by atoms with Crippen LogP contribution >= 0.6 is 11.5 Å². The normalized spacial score (nSPS) is 16.2. The summed E-state index contributed by atoms with van der Waals surface area (Å²) in [7, 11) is 1.54. The van der Waals surface area contributed by atoms with E-state index in [0.717, 1.165) is 17.5 Å². The number of amides is 2. The van der Waals surface area contributed by atoms with E-state index < -0.39 is 0 Å². The fourth-order valence-corrected chi connectivity index (χ4v) is 3.47. The Morgan fingerprint density at radius 1 is 1.50 bits per heavy atom. The first-order valence-electron chi connectivity index (χ1n) is 7.83. The van der Waals surface area contributed by atoms with Crippen LogP contribution in [0.4, 0.5) is 11.4 Å². The molecule has 0 radical (unpaired) electrons. The Kier molecular flexibility index (Phi) is 4.80. The van der Waals surface area contributed by atoms with E-state index in [2.05, 4.69) is 15.0 Å². The lowest BCUT2D eigenvalue weighted by Gasteiger charge is -2.26. The Morgan fingerprint density at radius 2 is 2.33 bits per heavy atom. The van der Waals surface area contributed by atoms with Gasteiger partial charge in [0, 0.05) is 42.1 Å². The summed E-state index contributed by atoms with van der Waals surface area (Å²) in [4.78, 5) is 24.0. The van der Waals surface area contributed by atoms with Crippen molar-refractivity contribution in [3.63, 3.8) is 0 Å². The molecule has 2 N–H and O–H groups in total. The first kappa shape index (κ1) is 16.4. The van der Waals surface area contributed by atoms with Crippen LogP contribution in [0.15, 0.2) is 23.7 Å². The summed E-state index contributed by atoms with van der Waals surface area (Å²) in [5.74, 6) is 0.371. The van der Waals surface area contributed by atoms with Crippen LogP contribution in [0, 0.1) is 0 Å². The number of anilines is 2. The molecular formula is C17H19N3O3S. The summed E-state index contributed by atoms with van der Waals surface area (Å²) in [5.41, 5.74) is 3.31. The summed E-state index contributed by atoms with van der Waals surface area (Å²) in [6.45, 7) is 1.96. The van der Waals surface area contributed by atoms with Gasteiger partial charge >= 0.3 is 0 Å². The molecule has 1 aromatic carbocycles. The molecule has 126 valence electrons. The average molecular weight is 345 g/mol. The van der Waals surface area contributed by atoms with E-state index in [-0.39, 0.29) is 17.7 Å². The van der Waals surface area contributed by atoms with Crippen LogP contribution < -0.4 is 15.4 Å². The molecule has 1 atom stereocenters. The molecule has 6 nitrogen and oxygen atoms in total. The number of hydrogen-bond donors (Lipinski definition) is 2. The summed E-state index contributed by atoms with van der Waals surface area (Å²) in [6, 6.07) is 3.66. The standard InChI is InChI=1S/C17H19N3O3S/c1-3-4-16(21)20-14-5-12-11(10-8-18-24-9-10)6-17(22)19-13(12)7-15(14)23-2/h5,7-9,11H,3-4,6H2,1-2H3,(H,19,22)(H,20,21). The molecule has 2 amide bonds. The van der Waals surface area contributed by atoms with Crippen LogP contribution in [0.1, 0.15) is 43.2 Å². The van der Waals surface area contributed by atoms with Gasteiger partial charge in [-0.1, -0.05) is 6.92 Å². The Balaban J connectivity index is 2.03. The smallest absolute Gasteiger partial charge is 0.225 e. The second-order valence-electron chi connectivity index (χ2n) is 5.70. The van der Waals surface area contributed by atoms with Gasteiger partial charge in [-0.05, 0) is 35.1 Å². The Bertz CT molecular complexity index is 759. The van der Waals surface area contributed by atoms with E-state index in [1.165, 1.54) is 11.5 Å². The summed E-state index contributed by atoms with van der Waals surface area (Å²) in [6.07, 6.45) is 3.38. The second-order valence-corrected chi connectivity index (χ2v) is 6.36. The number of aromatic nitrogens is 1. The third kappa shape index (κ3) is 3.26. The highest BCUT2D eigenvalue weighted by Gasteiger charge is 2.29. The zero-order chi connectivity index (χ0) is 17.1. The summed E-state index contributed by atoms with van der Waals surface area (Å²) < 4.78 is 9.52. The number of benzene rings is 1. The first-order chi connectivity index (χ1) is 11.6. The number of nitrogens with one attached hydrogen (secondary N) is 2. The molecule has 0 saturated carbocycles. The maximum absolute atomic E-state index is 12.0. The third-order valence-electron chi connectivity index (χ3n) is 4.02. The molecule has 0 bridgehead atoms. The molecule has 2 heterocycles. The molecule has 0 fully saturated rings. The zero-order valence-corrected chi connectivity index (χ0v) is 14.4. The van der Waals surface area contributed by atoms with Gasteiger partial charge in [0.25, 0.3) is 0 Å². The van der Waals surface area contributed by atoms with E-state index >= 15 is 0 Å². The first-order valence-corrected chi connectivity index (χ1v) is 8.67. The molecule has 24 heavy (non-hydrogen) atoms. The Hall–Kier alpha value is -2.41. The van der Waals surface area contributed by atoms with Crippen molar-refractivity contribution in [1.29, 1.82) is 0 Å². The van der Waals surface area contributed by atoms with E-state index in [9.17, 15) is 9.59 Å². The molecule has 0 aliphatic carbocycles. The van der Waals surface area contributed by atoms with Crippen molar-refractivity contribution in [2.45, 2.75) is 32.1 Å². The zero-order valence-electron chi connectivity index (χ0n) is 13.6. The lowest BCUT2D eigenvalue weighted by atomic mass is 9.86. The topological polar surface area (TPSA) is 80.3 Å². The van der Waals surface area contributed by atoms with Gasteiger partial charge in [-0.25, -0.2) is 4.37 Å². The van der Waals surface area contributed by atoms with Gasteiger partial charge in [0.05, 0.1) is 12.8 Å². The quantitative estimate of drug-likeness (QED) is 0.871. The number of nitrogens with zero attached hydrogens (tertiary/aromatic N) is 1. The van der Waals surface area contributed by atoms with Crippen LogP contribution in [-0.4, -0.2) is 23.3 Å². The lowest BCUT2D eigenvalue weighted by Crippen LogP contribution is -2.24. The van der Waals surface area contributed by atoms with Crippen molar-refractivity contribution in [3.05, 3.63) is 34.8 Å². The Labute approximate surface area is 144 Å². The van der Waals surface area contributed by atoms with Crippen molar-refractivity contribution < 1.29 is 14.3 Å². The van der Waals surface area contributed by atoms with Crippen molar-refractivity contribution >= 4 is 34.7 Å². The molecule has 1 unspecified atom stereocenters. The van der Waals surface area contributed by atoms with Crippen molar-refractivity contribution in [2.24, 2.45) is 0 Å². The highest BCUT2D eigenvalue weighted by molar-refractivity contribution is 7.03. The Morgan fingerprint density at radius 3 is 3.00 bits per heavy atom. The molecule has 3 rings (SSSR count). The predicted molar refractivity (Wildman–Crippen MR) is 93.7 cm³/mol. The molecule has 2 aromatic rings. The SMILES string of the molecule is CCCC(=O)Nc1cc2c(cc1OC)NC(=O)CC2c1cnsc1. The minimum atomic E-state index is -0.0692. The minimum absolute atomic E-state index is 0.0384. The fraction of sp³-hybridized carbons (Fsp3) is 0.353. The number of ether oxygens (including phenoxy) is 1. The minimum Gasteiger partial charge on any atom is -0.494 e. The van der Waals surface area contributed by atoms with Gasteiger partial charge in [0.2, 0.25) is 11.8 Å². The highest BCUT2D eigenvalue weighted by atomic mass is 32.1. The van der Waals surface area contributed by atoms with Crippen LogP contribution in [0.25, 0.3) is 0 Å². The lowest BCUT2D eigenvalue weighted by molar-refractivity contribution is -0.117. The van der Waals surface area contributed by atoms with Gasteiger partial charge in [-0.3, -0.25) is 9.59 Å². The van der Waals surface area contributed by atoms with Crippen molar-refractivity contribution in [3.8, 4) is 5.75 Å². The van der Waals surface area contributed by atoms with Gasteiger partial charge in [0.1, 0.15) is 5.75 Å². The highest BCUT2D eigenvalue weighted by Crippen LogP contribution is 2.42. The molecule has 1 aliphatic rings. The number of carbonyl (C=O) groups is 2. The number of fused-ring (bicyclic) bond motifs is 1. The van der Waals surface area contributed by atoms with E-state index in [1.807, 2.05) is 18.4 Å². The maximum atomic E-state index is 12.0. The average Bonchev–Trinajstić information content (AvgIpc) is 3.08.